The van der Waals surface area contributed by atoms with Gasteiger partial charge in [-0.15, -0.1) is 0 Å². The zero-order valence-electron chi connectivity index (χ0n) is 7.88. The molecule has 0 aliphatic carbocycles. The Kier molecular flexibility index (Phi) is 2.18. The van der Waals surface area contributed by atoms with Crippen LogP contribution < -0.4 is 0 Å². The Bertz CT molecular complexity index is 422. The second-order valence-corrected chi connectivity index (χ2v) is 2.95. The number of hydrogen-bond donors (Lipinski definition) is 1. The van der Waals surface area contributed by atoms with Gasteiger partial charge in [-0.25, -0.2) is 9.67 Å². The van der Waals surface area contributed by atoms with Crippen molar-refractivity contribution >= 4 is 0 Å². The van der Waals surface area contributed by atoms with E-state index in [2.05, 4.69) is 10.1 Å². The molecule has 1 N–H and O–H groups in total. The van der Waals surface area contributed by atoms with Gasteiger partial charge in [-0.2, -0.15) is 5.10 Å². The quantitative estimate of drug-likeness (QED) is 0.779. The zero-order chi connectivity index (χ0) is 9.97. The van der Waals surface area contributed by atoms with Crippen molar-refractivity contribution in [3.05, 3.63) is 36.3 Å². The summed E-state index contributed by atoms with van der Waals surface area (Å²) in [6, 6.07) is 5.56. The van der Waals surface area contributed by atoms with Gasteiger partial charge in [0.2, 0.25) is 0 Å². The Balaban J connectivity index is 2.43. The smallest absolute Gasteiger partial charge is 0.157 e. The van der Waals surface area contributed by atoms with Crippen LogP contribution in [0.2, 0.25) is 0 Å². The normalized spacial score (nSPS) is 10.4. The highest BCUT2D eigenvalue weighted by molar-refractivity contribution is 5.29. The summed E-state index contributed by atoms with van der Waals surface area (Å²) in [5.74, 6) is 0.931. The molecule has 0 radical (unpaired) electrons. The first-order chi connectivity index (χ1) is 6.81. The first-order valence-electron chi connectivity index (χ1n) is 4.50. The molecule has 0 saturated heterocycles. The fourth-order valence-electron chi connectivity index (χ4n) is 1.26. The van der Waals surface area contributed by atoms with Crippen molar-refractivity contribution in [2.45, 2.75) is 13.3 Å². The number of hydrogen-bond acceptors (Lipinski definition) is 3. The van der Waals surface area contributed by atoms with Crippen molar-refractivity contribution < 1.29 is 5.11 Å². The minimum absolute atomic E-state index is 0.221. The molecular weight excluding hydrogens is 178 g/mol. The molecule has 0 aromatic carbocycles. The fourth-order valence-corrected chi connectivity index (χ4v) is 1.26. The van der Waals surface area contributed by atoms with Crippen LogP contribution in [0.4, 0.5) is 0 Å². The summed E-state index contributed by atoms with van der Waals surface area (Å²) in [7, 11) is 0. The molecule has 2 rings (SSSR count). The van der Waals surface area contributed by atoms with Crippen LogP contribution in [-0.2, 0) is 6.42 Å². The fraction of sp³-hybridized carbons (Fsp3) is 0.200. The lowest BCUT2D eigenvalue weighted by atomic mass is 10.3. The molecule has 4 heteroatoms. The monoisotopic (exact) mass is 189 g/mol. The molecule has 14 heavy (non-hydrogen) atoms. The van der Waals surface area contributed by atoms with Crippen molar-refractivity contribution in [2.75, 3.05) is 0 Å². The van der Waals surface area contributed by atoms with Gasteiger partial charge in [0, 0.05) is 6.20 Å². The van der Waals surface area contributed by atoms with Crippen LogP contribution in [0.3, 0.4) is 0 Å². The highest BCUT2D eigenvalue weighted by Crippen LogP contribution is 2.16. The van der Waals surface area contributed by atoms with E-state index in [1.54, 1.807) is 17.1 Å². The Morgan fingerprint density at radius 3 is 2.86 bits per heavy atom. The molecule has 0 bridgehead atoms. The van der Waals surface area contributed by atoms with Crippen LogP contribution in [-0.4, -0.2) is 19.9 Å². The van der Waals surface area contributed by atoms with E-state index in [1.807, 2.05) is 25.1 Å². The number of aromatic nitrogens is 3. The second kappa shape index (κ2) is 3.49. The van der Waals surface area contributed by atoms with Gasteiger partial charge in [0.05, 0.1) is 6.20 Å². The van der Waals surface area contributed by atoms with Crippen molar-refractivity contribution in [3.63, 3.8) is 0 Å². The highest BCUT2D eigenvalue weighted by Gasteiger charge is 2.06. The first-order valence-corrected chi connectivity index (χ1v) is 4.50. The number of aromatic hydroxyl groups is 1. The van der Waals surface area contributed by atoms with E-state index in [4.69, 9.17) is 0 Å². The molecule has 0 saturated carbocycles. The summed E-state index contributed by atoms with van der Waals surface area (Å²) in [5, 5.41) is 13.7. The summed E-state index contributed by atoms with van der Waals surface area (Å²) in [5.41, 5.74) is 0.690. The molecule has 0 atom stereocenters. The van der Waals surface area contributed by atoms with Crippen LogP contribution in [0.1, 0.15) is 12.6 Å². The van der Waals surface area contributed by atoms with E-state index in [0.29, 0.717) is 17.9 Å². The van der Waals surface area contributed by atoms with Crippen molar-refractivity contribution in [1.29, 1.82) is 0 Å². The van der Waals surface area contributed by atoms with E-state index in [1.165, 1.54) is 0 Å². The van der Waals surface area contributed by atoms with Gasteiger partial charge in [-0.1, -0.05) is 13.0 Å². The van der Waals surface area contributed by atoms with Crippen LogP contribution >= 0.6 is 0 Å². The standard InChI is InChI=1S/C10H11N3O/c1-2-8-9(14)7-13(12-8)10-5-3-4-6-11-10/h3-7,14H,2H2,1H3. The molecule has 72 valence electrons. The summed E-state index contributed by atoms with van der Waals surface area (Å²) in [6.07, 6.45) is 3.98. The van der Waals surface area contributed by atoms with E-state index in [9.17, 15) is 5.11 Å². The minimum Gasteiger partial charge on any atom is -0.504 e. The van der Waals surface area contributed by atoms with Gasteiger partial charge < -0.3 is 5.11 Å². The lowest BCUT2D eigenvalue weighted by molar-refractivity contribution is 0.469. The molecular formula is C10H11N3O. The summed E-state index contributed by atoms with van der Waals surface area (Å²) in [6.45, 7) is 1.95. The Hall–Kier alpha value is -1.84. The van der Waals surface area contributed by atoms with Crippen LogP contribution in [0.15, 0.2) is 30.6 Å². The molecule has 2 aromatic heterocycles. The molecule has 2 heterocycles. The maximum atomic E-state index is 9.48. The van der Waals surface area contributed by atoms with E-state index < -0.39 is 0 Å². The number of nitrogens with zero attached hydrogens (tertiary/aromatic N) is 3. The van der Waals surface area contributed by atoms with Crippen LogP contribution in [0, 0.1) is 0 Å². The second-order valence-electron chi connectivity index (χ2n) is 2.95. The van der Waals surface area contributed by atoms with Gasteiger partial charge >= 0.3 is 0 Å². The topological polar surface area (TPSA) is 50.9 Å². The average Bonchev–Trinajstić information content (AvgIpc) is 2.61. The van der Waals surface area contributed by atoms with E-state index in [0.717, 1.165) is 0 Å². The predicted molar refractivity (Wildman–Crippen MR) is 52.4 cm³/mol. The van der Waals surface area contributed by atoms with Gasteiger partial charge in [0.1, 0.15) is 5.69 Å². The van der Waals surface area contributed by atoms with Gasteiger partial charge in [-0.05, 0) is 18.6 Å². The minimum atomic E-state index is 0.221. The average molecular weight is 189 g/mol. The van der Waals surface area contributed by atoms with E-state index in [-0.39, 0.29) is 5.75 Å². The lowest BCUT2D eigenvalue weighted by Gasteiger charge is -1.97. The Morgan fingerprint density at radius 2 is 2.29 bits per heavy atom. The van der Waals surface area contributed by atoms with Crippen molar-refractivity contribution in [3.8, 4) is 11.6 Å². The Labute approximate surface area is 81.8 Å². The van der Waals surface area contributed by atoms with Crippen molar-refractivity contribution in [2.24, 2.45) is 0 Å². The van der Waals surface area contributed by atoms with E-state index >= 15 is 0 Å². The molecule has 0 unspecified atom stereocenters. The molecule has 0 amide bonds. The van der Waals surface area contributed by atoms with Gasteiger partial charge in [0.15, 0.2) is 11.6 Å². The summed E-state index contributed by atoms with van der Waals surface area (Å²) in [4.78, 5) is 4.13. The SMILES string of the molecule is CCc1nn(-c2ccccn2)cc1O. The molecule has 0 aliphatic rings. The molecule has 4 nitrogen and oxygen atoms in total. The molecule has 0 fully saturated rings. The molecule has 0 spiro atoms. The Morgan fingerprint density at radius 1 is 1.43 bits per heavy atom. The third-order valence-electron chi connectivity index (χ3n) is 1.99. The maximum Gasteiger partial charge on any atom is 0.157 e. The first kappa shape index (κ1) is 8.74. The third-order valence-corrected chi connectivity index (χ3v) is 1.99. The predicted octanol–water partition coefficient (Wildman–Crippen LogP) is 1.54. The highest BCUT2D eigenvalue weighted by atomic mass is 16.3. The lowest BCUT2D eigenvalue weighted by Crippen LogP contribution is -1.97. The summed E-state index contributed by atoms with van der Waals surface area (Å²) >= 11 is 0. The summed E-state index contributed by atoms with van der Waals surface area (Å²) < 4.78 is 1.58. The van der Waals surface area contributed by atoms with Crippen molar-refractivity contribution in [1.82, 2.24) is 14.8 Å². The van der Waals surface area contributed by atoms with Crippen LogP contribution in [0.25, 0.3) is 5.82 Å². The number of pyridine rings is 1. The molecule has 2 aromatic rings. The van der Waals surface area contributed by atoms with Gasteiger partial charge in [0.25, 0.3) is 0 Å². The number of aryl methyl sites for hydroxylation is 1. The van der Waals surface area contributed by atoms with Gasteiger partial charge in [-0.3, -0.25) is 0 Å². The largest absolute Gasteiger partial charge is 0.504 e. The third kappa shape index (κ3) is 1.46. The maximum absolute atomic E-state index is 9.48. The molecule has 0 aliphatic heterocycles. The number of rotatable bonds is 2. The van der Waals surface area contributed by atoms with Crippen LogP contribution in [0.5, 0.6) is 5.75 Å². The zero-order valence-corrected chi connectivity index (χ0v) is 7.88.